The van der Waals surface area contributed by atoms with Crippen LogP contribution in [0.25, 0.3) is 0 Å². The lowest BCUT2D eigenvalue weighted by atomic mass is 10.1. The van der Waals surface area contributed by atoms with Crippen molar-refractivity contribution >= 4 is 11.7 Å². The summed E-state index contributed by atoms with van der Waals surface area (Å²) in [5.74, 6) is 2.75. The molecule has 3 aromatic rings. The van der Waals surface area contributed by atoms with Crippen molar-refractivity contribution in [1.29, 1.82) is 0 Å². The summed E-state index contributed by atoms with van der Waals surface area (Å²) in [6.07, 6.45) is 6.58. The molecule has 1 aliphatic heterocycles. The molecule has 3 atom stereocenters. The van der Waals surface area contributed by atoms with Crippen LogP contribution in [0.3, 0.4) is 0 Å². The standard InChI is InChI=1S/C24H29N7O/c1-3-18-14(4-7-22(26-18)31-11-15-8-16(15)12-31)9-17-10-20(29-28-17)24(32)27-19-5-6-21-23(19)25-13-30(21)2/h4,7,10,13,15-16,19H,3,5-6,8-9,11-12H2,1-2H3,(H,27,32)(H,28,29)/t15-,16?,19+/m0/s1. The van der Waals surface area contributed by atoms with Crippen molar-refractivity contribution in [3.8, 4) is 0 Å². The average molecular weight is 432 g/mol. The van der Waals surface area contributed by atoms with E-state index in [1.165, 1.54) is 17.7 Å². The van der Waals surface area contributed by atoms with Gasteiger partial charge in [0, 0.05) is 37.9 Å². The van der Waals surface area contributed by atoms with Gasteiger partial charge < -0.3 is 14.8 Å². The fourth-order valence-corrected chi connectivity index (χ4v) is 5.38. The molecule has 8 heteroatoms. The second-order valence-corrected chi connectivity index (χ2v) is 9.49. The van der Waals surface area contributed by atoms with Crippen LogP contribution in [0, 0.1) is 11.8 Å². The minimum Gasteiger partial charge on any atom is -0.356 e. The lowest BCUT2D eigenvalue weighted by Gasteiger charge is -2.20. The van der Waals surface area contributed by atoms with Gasteiger partial charge in [-0.3, -0.25) is 9.89 Å². The molecule has 1 saturated carbocycles. The Labute approximate surface area is 187 Å². The number of hydrogen-bond acceptors (Lipinski definition) is 5. The van der Waals surface area contributed by atoms with Gasteiger partial charge in [-0.05, 0) is 55.2 Å². The lowest BCUT2D eigenvalue weighted by molar-refractivity contribution is 0.0931. The molecule has 1 unspecified atom stereocenters. The minimum atomic E-state index is -0.135. The zero-order valence-corrected chi connectivity index (χ0v) is 18.6. The van der Waals surface area contributed by atoms with Crippen LogP contribution in [0.2, 0.25) is 0 Å². The number of fused-ring (bicyclic) bond motifs is 2. The number of aromatic nitrogens is 5. The Morgan fingerprint density at radius 1 is 1.28 bits per heavy atom. The number of anilines is 1. The van der Waals surface area contributed by atoms with E-state index in [-0.39, 0.29) is 11.9 Å². The van der Waals surface area contributed by atoms with Crippen LogP contribution in [0.1, 0.15) is 64.6 Å². The number of rotatable bonds is 6. The first-order valence-electron chi connectivity index (χ1n) is 11.7. The van der Waals surface area contributed by atoms with Crippen LogP contribution in [-0.2, 0) is 26.3 Å². The number of H-pyrrole nitrogens is 1. The zero-order valence-electron chi connectivity index (χ0n) is 18.6. The van der Waals surface area contributed by atoms with Crippen LogP contribution >= 0.6 is 0 Å². The van der Waals surface area contributed by atoms with Gasteiger partial charge in [0.25, 0.3) is 5.91 Å². The number of carbonyl (C=O) groups excluding carboxylic acids is 1. The quantitative estimate of drug-likeness (QED) is 0.626. The number of carbonyl (C=O) groups is 1. The van der Waals surface area contributed by atoms with Crippen LogP contribution in [0.5, 0.6) is 0 Å². The van der Waals surface area contributed by atoms with E-state index in [2.05, 4.69) is 44.5 Å². The van der Waals surface area contributed by atoms with Crippen molar-refractivity contribution in [2.24, 2.45) is 18.9 Å². The Kier molecular flexibility index (Phi) is 4.55. The highest BCUT2D eigenvalue weighted by Gasteiger charge is 2.45. The van der Waals surface area contributed by atoms with Gasteiger partial charge in [-0.1, -0.05) is 13.0 Å². The first-order valence-corrected chi connectivity index (χ1v) is 11.7. The normalized spacial score (nSPS) is 23.3. The maximum absolute atomic E-state index is 12.8. The van der Waals surface area contributed by atoms with E-state index in [9.17, 15) is 4.79 Å². The molecule has 3 aromatic heterocycles. The van der Waals surface area contributed by atoms with E-state index in [1.807, 2.05) is 24.0 Å². The summed E-state index contributed by atoms with van der Waals surface area (Å²) in [5, 5.41) is 10.4. The Bertz CT molecular complexity index is 1170. The van der Waals surface area contributed by atoms with E-state index < -0.39 is 0 Å². The summed E-state index contributed by atoms with van der Waals surface area (Å²) in [5.41, 5.74) is 5.82. The molecule has 1 amide bonds. The van der Waals surface area contributed by atoms with Gasteiger partial charge >= 0.3 is 0 Å². The maximum atomic E-state index is 12.8. The first kappa shape index (κ1) is 19.5. The second-order valence-electron chi connectivity index (χ2n) is 9.49. The van der Waals surface area contributed by atoms with E-state index in [0.717, 1.165) is 67.1 Å². The number of nitrogens with zero attached hydrogens (tertiary/aromatic N) is 5. The van der Waals surface area contributed by atoms with Crippen LogP contribution < -0.4 is 10.2 Å². The summed E-state index contributed by atoms with van der Waals surface area (Å²) >= 11 is 0. The topological polar surface area (TPSA) is 91.7 Å². The Hall–Kier alpha value is -3.16. The lowest BCUT2D eigenvalue weighted by Crippen LogP contribution is -2.27. The predicted molar refractivity (Wildman–Crippen MR) is 121 cm³/mol. The van der Waals surface area contributed by atoms with Crippen molar-refractivity contribution < 1.29 is 4.79 Å². The van der Waals surface area contributed by atoms with Crippen LogP contribution in [-0.4, -0.2) is 43.7 Å². The van der Waals surface area contributed by atoms with Gasteiger partial charge in [-0.2, -0.15) is 5.10 Å². The number of pyridine rings is 1. The highest BCUT2D eigenvalue weighted by atomic mass is 16.2. The molecular formula is C24H29N7O. The Morgan fingerprint density at radius 3 is 2.94 bits per heavy atom. The predicted octanol–water partition coefficient (Wildman–Crippen LogP) is 2.56. The van der Waals surface area contributed by atoms with E-state index in [1.54, 1.807) is 0 Å². The number of nitrogens with one attached hydrogen (secondary N) is 2. The fourth-order valence-electron chi connectivity index (χ4n) is 5.38. The van der Waals surface area contributed by atoms with Gasteiger partial charge in [0.1, 0.15) is 11.5 Å². The maximum Gasteiger partial charge on any atom is 0.269 e. The summed E-state index contributed by atoms with van der Waals surface area (Å²) in [7, 11) is 2.00. The third-order valence-electron chi connectivity index (χ3n) is 7.34. The summed E-state index contributed by atoms with van der Waals surface area (Å²) in [6.45, 7) is 4.45. The molecule has 6 rings (SSSR count). The average Bonchev–Trinajstić information content (AvgIpc) is 3.27. The van der Waals surface area contributed by atoms with E-state index >= 15 is 0 Å². The zero-order chi connectivity index (χ0) is 21.8. The third-order valence-corrected chi connectivity index (χ3v) is 7.34. The fraction of sp³-hybridized carbons (Fsp3) is 0.500. The summed E-state index contributed by atoms with van der Waals surface area (Å²) in [4.78, 5) is 24.6. The molecule has 0 radical (unpaired) electrons. The van der Waals surface area contributed by atoms with Crippen molar-refractivity contribution in [3.63, 3.8) is 0 Å². The van der Waals surface area contributed by atoms with Gasteiger partial charge in [-0.15, -0.1) is 0 Å². The van der Waals surface area contributed by atoms with Crippen molar-refractivity contribution in [3.05, 3.63) is 58.6 Å². The molecule has 2 fully saturated rings. The molecule has 166 valence electrons. The van der Waals surface area contributed by atoms with E-state index in [4.69, 9.17) is 4.98 Å². The van der Waals surface area contributed by atoms with E-state index in [0.29, 0.717) is 12.1 Å². The van der Waals surface area contributed by atoms with Crippen LogP contribution in [0.15, 0.2) is 24.5 Å². The third kappa shape index (κ3) is 3.38. The largest absolute Gasteiger partial charge is 0.356 e. The van der Waals surface area contributed by atoms with Gasteiger partial charge in [0.05, 0.1) is 23.8 Å². The van der Waals surface area contributed by atoms with Gasteiger partial charge in [-0.25, -0.2) is 9.97 Å². The second kappa shape index (κ2) is 7.46. The minimum absolute atomic E-state index is 0.0366. The summed E-state index contributed by atoms with van der Waals surface area (Å²) < 4.78 is 2.03. The molecular weight excluding hydrogens is 402 g/mol. The molecule has 3 aliphatic rings. The molecule has 0 bridgehead atoms. The molecule has 1 saturated heterocycles. The number of aromatic amines is 1. The van der Waals surface area contributed by atoms with Gasteiger partial charge in [0.2, 0.25) is 0 Å². The first-order chi connectivity index (χ1) is 15.6. The monoisotopic (exact) mass is 431 g/mol. The van der Waals surface area contributed by atoms with Crippen LogP contribution in [0.4, 0.5) is 5.82 Å². The molecule has 0 spiro atoms. The molecule has 0 aromatic carbocycles. The highest BCUT2D eigenvalue weighted by molar-refractivity contribution is 5.92. The number of piperidine rings is 1. The summed E-state index contributed by atoms with van der Waals surface area (Å²) in [6, 6.07) is 6.14. The SMILES string of the molecule is CCc1nc(N2CC3C[C@H]3C2)ccc1Cc1cc(C(=O)N[C@@H]2CCc3c2ncn3C)[nH]n1. The number of imidazole rings is 1. The van der Waals surface area contributed by atoms with Crippen molar-refractivity contribution in [2.75, 3.05) is 18.0 Å². The number of amides is 1. The van der Waals surface area contributed by atoms with Crippen molar-refractivity contribution in [2.45, 2.75) is 45.1 Å². The Balaban J connectivity index is 1.13. The molecule has 8 nitrogen and oxygen atoms in total. The van der Waals surface area contributed by atoms with Crippen molar-refractivity contribution in [1.82, 2.24) is 30.0 Å². The number of hydrogen-bond donors (Lipinski definition) is 2. The molecule has 2 aliphatic carbocycles. The smallest absolute Gasteiger partial charge is 0.269 e. The molecule has 2 N–H and O–H groups in total. The Morgan fingerprint density at radius 2 is 2.12 bits per heavy atom. The molecule has 4 heterocycles. The molecule has 32 heavy (non-hydrogen) atoms. The van der Waals surface area contributed by atoms with Gasteiger partial charge in [0.15, 0.2) is 0 Å². The number of aryl methyl sites for hydroxylation is 2. The highest BCUT2D eigenvalue weighted by Crippen LogP contribution is 2.46.